The third-order valence-electron chi connectivity index (χ3n) is 4.13. The summed E-state index contributed by atoms with van der Waals surface area (Å²) < 4.78 is 3.27. The fraction of sp³-hybridized carbons (Fsp3) is 0.158. The van der Waals surface area contributed by atoms with Gasteiger partial charge in [0, 0.05) is 13.2 Å². The molecule has 0 spiro atoms. The molecule has 0 bridgehead atoms. The molecular weight excluding hydrogens is 346 g/mol. The maximum atomic E-state index is 13.1. The molecule has 4 aromatic rings. The van der Waals surface area contributed by atoms with E-state index in [9.17, 15) is 4.79 Å². The first kappa shape index (κ1) is 16.5. The number of hydrogen-bond acceptors (Lipinski definition) is 5. The van der Waals surface area contributed by atoms with E-state index in [0.29, 0.717) is 16.2 Å². The van der Waals surface area contributed by atoms with Crippen molar-refractivity contribution in [3.05, 3.63) is 77.0 Å². The van der Waals surface area contributed by atoms with Crippen LogP contribution in [0.2, 0.25) is 0 Å². The van der Waals surface area contributed by atoms with Crippen molar-refractivity contribution in [2.45, 2.75) is 17.3 Å². The van der Waals surface area contributed by atoms with Crippen molar-refractivity contribution < 1.29 is 0 Å². The van der Waals surface area contributed by atoms with E-state index in [1.54, 1.807) is 28.7 Å². The number of nitrogens with zero attached hydrogens (tertiary/aromatic N) is 5. The van der Waals surface area contributed by atoms with E-state index in [2.05, 4.69) is 17.0 Å². The van der Waals surface area contributed by atoms with Crippen LogP contribution in [-0.4, -0.2) is 24.3 Å². The van der Waals surface area contributed by atoms with Gasteiger partial charge < -0.3 is 0 Å². The number of para-hydroxylation sites is 1. The van der Waals surface area contributed by atoms with E-state index in [0.717, 1.165) is 11.4 Å². The van der Waals surface area contributed by atoms with Crippen LogP contribution in [0.1, 0.15) is 17.9 Å². The Morgan fingerprint density at radius 3 is 2.58 bits per heavy atom. The van der Waals surface area contributed by atoms with Crippen LogP contribution in [0.15, 0.2) is 70.9 Å². The smallest absolute Gasteiger partial charge is 0.268 e. The minimum absolute atomic E-state index is 0.0451. The van der Waals surface area contributed by atoms with Gasteiger partial charge in [0.2, 0.25) is 0 Å². The third-order valence-corrected chi connectivity index (χ3v) is 5.21. The summed E-state index contributed by atoms with van der Waals surface area (Å²) in [6, 6.07) is 15.4. The molecule has 1 unspecified atom stereocenters. The molecule has 3 heterocycles. The molecule has 1 atom stereocenters. The molecule has 0 saturated carbocycles. The normalized spacial score (nSPS) is 12.4. The van der Waals surface area contributed by atoms with Gasteiger partial charge in [-0.2, -0.15) is 5.10 Å². The number of hydrogen-bond donors (Lipinski definition) is 0. The fourth-order valence-corrected chi connectivity index (χ4v) is 3.79. The summed E-state index contributed by atoms with van der Waals surface area (Å²) in [5, 5.41) is 5.36. The number of aryl methyl sites for hydroxylation is 1. The van der Waals surface area contributed by atoms with E-state index in [1.807, 2.05) is 48.5 Å². The molecule has 130 valence electrons. The van der Waals surface area contributed by atoms with Crippen LogP contribution in [0.4, 0.5) is 0 Å². The van der Waals surface area contributed by atoms with Crippen molar-refractivity contribution in [1.82, 2.24) is 24.3 Å². The molecule has 1 aromatic carbocycles. The average molecular weight is 363 g/mol. The summed E-state index contributed by atoms with van der Waals surface area (Å²) in [7, 11) is 1.79. The lowest BCUT2D eigenvalue weighted by atomic mass is 10.3. The zero-order valence-corrected chi connectivity index (χ0v) is 15.2. The molecule has 7 heteroatoms. The lowest BCUT2D eigenvalue weighted by Gasteiger charge is -2.15. The van der Waals surface area contributed by atoms with Crippen LogP contribution < -0.4 is 5.56 Å². The Balaban J connectivity index is 1.89. The summed E-state index contributed by atoms with van der Waals surface area (Å²) in [5.41, 5.74) is 2.19. The van der Waals surface area contributed by atoms with Crippen molar-refractivity contribution >= 4 is 22.8 Å². The van der Waals surface area contributed by atoms with Gasteiger partial charge in [0.05, 0.1) is 22.8 Å². The van der Waals surface area contributed by atoms with Crippen LogP contribution in [0.3, 0.4) is 0 Å². The Kier molecular flexibility index (Phi) is 4.30. The highest BCUT2D eigenvalue weighted by atomic mass is 32.2. The highest BCUT2D eigenvalue weighted by molar-refractivity contribution is 7.99. The second-order valence-corrected chi connectivity index (χ2v) is 7.20. The van der Waals surface area contributed by atoms with Crippen molar-refractivity contribution in [3.8, 4) is 5.69 Å². The molecule has 0 aliphatic rings. The molecule has 0 radical (unpaired) electrons. The van der Waals surface area contributed by atoms with Gasteiger partial charge in [-0.3, -0.25) is 19.0 Å². The van der Waals surface area contributed by atoms with Crippen molar-refractivity contribution in [1.29, 1.82) is 0 Å². The number of aromatic nitrogens is 5. The maximum absolute atomic E-state index is 13.1. The Morgan fingerprint density at radius 2 is 1.85 bits per heavy atom. The fourth-order valence-electron chi connectivity index (χ4n) is 2.78. The van der Waals surface area contributed by atoms with Gasteiger partial charge in [-0.15, -0.1) is 0 Å². The molecule has 6 nitrogen and oxygen atoms in total. The molecular formula is C19H17N5OS. The number of benzene rings is 1. The molecule has 0 fully saturated rings. The first-order valence-electron chi connectivity index (χ1n) is 8.23. The molecule has 26 heavy (non-hydrogen) atoms. The predicted molar refractivity (Wildman–Crippen MR) is 103 cm³/mol. The first-order chi connectivity index (χ1) is 12.6. The molecule has 4 rings (SSSR count). The van der Waals surface area contributed by atoms with E-state index in [4.69, 9.17) is 4.98 Å². The van der Waals surface area contributed by atoms with Crippen LogP contribution in [0, 0.1) is 0 Å². The van der Waals surface area contributed by atoms with Crippen LogP contribution in [0.25, 0.3) is 16.7 Å². The second kappa shape index (κ2) is 6.76. The standard InChI is InChI=1S/C19H17N5OS/c1-13(16-10-6-7-11-20-16)26-19-22-17-15(12-21-23(17)2)18(25)24(19)14-8-4-3-5-9-14/h3-13H,1-2H3. The van der Waals surface area contributed by atoms with Crippen LogP contribution in [0.5, 0.6) is 0 Å². The highest BCUT2D eigenvalue weighted by Crippen LogP contribution is 2.33. The summed E-state index contributed by atoms with van der Waals surface area (Å²) in [6.07, 6.45) is 3.34. The van der Waals surface area contributed by atoms with E-state index < -0.39 is 0 Å². The van der Waals surface area contributed by atoms with Gasteiger partial charge in [-0.1, -0.05) is 36.0 Å². The predicted octanol–water partition coefficient (Wildman–Crippen LogP) is 3.37. The number of rotatable bonds is 4. The van der Waals surface area contributed by atoms with Crippen LogP contribution in [-0.2, 0) is 7.05 Å². The lowest BCUT2D eigenvalue weighted by Crippen LogP contribution is -2.22. The monoisotopic (exact) mass is 363 g/mol. The topological polar surface area (TPSA) is 65.6 Å². The van der Waals surface area contributed by atoms with E-state index in [-0.39, 0.29) is 10.8 Å². The Morgan fingerprint density at radius 1 is 1.08 bits per heavy atom. The molecule has 0 saturated heterocycles. The van der Waals surface area contributed by atoms with Crippen molar-refractivity contribution in [2.24, 2.45) is 7.05 Å². The van der Waals surface area contributed by atoms with Crippen molar-refractivity contribution in [3.63, 3.8) is 0 Å². The molecule has 0 amide bonds. The Labute approximate surface area is 154 Å². The molecule has 0 aliphatic heterocycles. The SMILES string of the molecule is CC(Sc1nc2c(cnn2C)c(=O)n1-c1ccccc1)c1ccccn1. The number of thioether (sulfide) groups is 1. The van der Waals surface area contributed by atoms with Crippen LogP contribution >= 0.6 is 11.8 Å². The lowest BCUT2D eigenvalue weighted by molar-refractivity contribution is 0.757. The quantitative estimate of drug-likeness (QED) is 0.411. The van der Waals surface area contributed by atoms with Gasteiger partial charge >= 0.3 is 0 Å². The number of pyridine rings is 1. The zero-order chi connectivity index (χ0) is 18.1. The van der Waals surface area contributed by atoms with Gasteiger partial charge in [0.15, 0.2) is 10.8 Å². The Hall–Kier alpha value is -2.93. The summed E-state index contributed by atoms with van der Waals surface area (Å²) >= 11 is 1.51. The average Bonchev–Trinajstić information content (AvgIpc) is 3.04. The first-order valence-corrected chi connectivity index (χ1v) is 9.11. The summed E-state index contributed by atoms with van der Waals surface area (Å²) in [6.45, 7) is 2.06. The highest BCUT2D eigenvalue weighted by Gasteiger charge is 2.19. The summed E-state index contributed by atoms with van der Waals surface area (Å²) in [5.74, 6) is 0. The van der Waals surface area contributed by atoms with E-state index in [1.165, 1.54) is 11.8 Å². The van der Waals surface area contributed by atoms with Gasteiger partial charge in [0.1, 0.15) is 5.39 Å². The third kappa shape index (κ3) is 2.90. The van der Waals surface area contributed by atoms with Crippen molar-refractivity contribution in [2.75, 3.05) is 0 Å². The number of fused-ring (bicyclic) bond motifs is 1. The minimum Gasteiger partial charge on any atom is -0.268 e. The molecule has 3 aromatic heterocycles. The van der Waals surface area contributed by atoms with Gasteiger partial charge in [-0.25, -0.2) is 4.98 Å². The van der Waals surface area contributed by atoms with Gasteiger partial charge in [-0.05, 0) is 31.2 Å². The molecule has 0 N–H and O–H groups in total. The Bertz CT molecular complexity index is 1110. The maximum Gasteiger partial charge on any atom is 0.269 e. The van der Waals surface area contributed by atoms with E-state index >= 15 is 0 Å². The second-order valence-electron chi connectivity index (χ2n) is 5.89. The summed E-state index contributed by atoms with van der Waals surface area (Å²) in [4.78, 5) is 22.3. The minimum atomic E-state index is -0.120. The van der Waals surface area contributed by atoms with Gasteiger partial charge in [0.25, 0.3) is 5.56 Å². The zero-order valence-electron chi connectivity index (χ0n) is 14.4. The molecule has 0 aliphatic carbocycles. The largest absolute Gasteiger partial charge is 0.269 e.